The molecule has 0 aliphatic carbocycles. The summed E-state index contributed by atoms with van der Waals surface area (Å²) in [5.74, 6) is -0.971. The number of carbonyl (C=O) groups excluding carboxylic acids is 3. The molecular formula is C72H96O6. The number of benzene rings is 1. The molecule has 0 heterocycles. The SMILES string of the molecule is CC/C=C\C/C=C\C/C=C\C/C=C\C/C=C\C/C=C\CCC(=O)Oc1cc(OC(=O)CC/C=C\C/C=C\C/C=C\C/C=C\C/C=C\C/C=C\CC)cc(OC(=O)CC/C=C\C/C=C\C/C=C\C/C=C\C/C=C\C/C=C\CC)c1. The van der Waals surface area contributed by atoms with Gasteiger partial charge in [-0.15, -0.1) is 0 Å². The van der Waals surface area contributed by atoms with E-state index in [4.69, 9.17) is 14.2 Å². The van der Waals surface area contributed by atoms with E-state index in [1.54, 1.807) is 0 Å². The summed E-state index contributed by atoms with van der Waals surface area (Å²) in [6, 6.07) is 4.41. The first kappa shape index (κ1) is 69.0. The lowest BCUT2D eigenvalue weighted by molar-refractivity contribution is -0.134. The van der Waals surface area contributed by atoms with Gasteiger partial charge in [-0.25, -0.2) is 0 Å². The van der Waals surface area contributed by atoms with E-state index in [0.29, 0.717) is 19.3 Å². The normalized spacial score (nSPS) is 13.3. The number of carbonyl (C=O) groups is 3. The third-order valence-corrected chi connectivity index (χ3v) is 10.9. The predicted octanol–water partition coefficient (Wildman–Crippen LogP) is 20.8. The van der Waals surface area contributed by atoms with Crippen LogP contribution in [0.2, 0.25) is 0 Å². The zero-order valence-electron chi connectivity index (χ0n) is 47.9. The summed E-state index contributed by atoms with van der Waals surface area (Å²) in [6.45, 7) is 6.43. The topological polar surface area (TPSA) is 78.9 Å². The summed E-state index contributed by atoms with van der Waals surface area (Å²) in [5.41, 5.74) is 0. The highest BCUT2D eigenvalue weighted by atomic mass is 16.6. The van der Waals surface area contributed by atoms with Crippen LogP contribution in [0.1, 0.15) is 175 Å². The largest absolute Gasteiger partial charge is 0.426 e. The van der Waals surface area contributed by atoms with Crippen molar-refractivity contribution in [3.8, 4) is 17.2 Å². The average molecular weight is 1060 g/mol. The van der Waals surface area contributed by atoms with E-state index >= 15 is 0 Å². The first-order valence-electron chi connectivity index (χ1n) is 28.9. The first-order chi connectivity index (χ1) is 38.5. The van der Waals surface area contributed by atoms with Crippen LogP contribution in [0.3, 0.4) is 0 Å². The Bertz CT molecular complexity index is 2000. The summed E-state index contributed by atoms with van der Waals surface area (Å²) in [5, 5.41) is 0. The molecule has 1 aromatic rings. The molecule has 0 saturated carbocycles. The zero-order valence-corrected chi connectivity index (χ0v) is 47.9. The lowest BCUT2D eigenvalue weighted by Crippen LogP contribution is -2.11. The van der Waals surface area contributed by atoms with E-state index in [1.165, 1.54) is 18.2 Å². The Morgan fingerprint density at radius 3 is 0.538 bits per heavy atom. The van der Waals surface area contributed by atoms with Gasteiger partial charge in [0, 0.05) is 37.5 Å². The van der Waals surface area contributed by atoms with Crippen LogP contribution in [0.5, 0.6) is 17.2 Å². The van der Waals surface area contributed by atoms with Crippen molar-refractivity contribution >= 4 is 17.9 Å². The highest BCUT2D eigenvalue weighted by molar-refractivity contribution is 5.76. The van der Waals surface area contributed by atoms with Crippen LogP contribution in [0.25, 0.3) is 0 Å². The van der Waals surface area contributed by atoms with E-state index in [1.807, 2.05) is 36.5 Å². The van der Waals surface area contributed by atoms with Crippen LogP contribution < -0.4 is 14.2 Å². The van der Waals surface area contributed by atoms with Crippen molar-refractivity contribution in [1.29, 1.82) is 0 Å². The Hall–Kier alpha value is -7.05. The molecule has 6 nitrogen and oxygen atoms in total. The van der Waals surface area contributed by atoms with Crippen molar-refractivity contribution in [1.82, 2.24) is 0 Å². The van der Waals surface area contributed by atoms with Crippen molar-refractivity contribution in [2.24, 2.45) is 0 Å². The molecule has 78 heavy (non-hydrogen) atoms. The molecule has 0 saturated heterocycles. The first-order valence-corrected chi connectivity index (χ1v) is 28.9. The number of allylic oxidation sites excluding steroid dienone is 36. The third-order valence-electron chi connectivity index (χ3n) is 10.9. The Balaban J connectivity index is 2.66. The molecule has 0 fully saturated rings. The summed E-state index contributed by atoms with van der Waals surface area (Å²) in [4.78, 5) is 38.7. The number of esters is 3. The molecule has 0 N–H and O–H groups in total. The fraction of sp³-hybridized carbons (Fsp3) is 0.375. The van der Waals surface area contributed by atoms with Gasteiger partial charge in [-0.1, -0.05) is 240 Å². The minimum Gasteiger partial charge on any atom is -0.426 e. The van der Waals surface area contributed by atoms with Crippen LogP contribution in [-0.4, -0.2) is 17.9 Å². The highest BCUT2D eigenvalue weighted by Crippen LogP contribution is 2.29. The zero-order chi connectivity index (χ0) is 56.1. The van der Waals surface area contributed by atoms with Crippen LogP contribution in [0.4, 0.5) is 0 Å². The lowest BCUT2D eigenvalue weighted by Gasteiger charge is -2.11. The summed E-state index contributed by atoms with van der Waals surface area (Å²) >= 11 is 0. The summed E-state index contributed by atoms with van der Waals surface area (Å²) in [6.07, 6.45) is 95.9. The van der Waals surface area contributed by atoms with Crippen molar-refractivity contribution < 1.29 is 28.6 Å². The summed E-state index contributed by atoms with van der Waals surface area (Å²) < 4.78 is 17.0. The molecule has 0 spiro atoms. The lowest BCUT2D eigenvalue weighted by atomic mass is 10.2. The molecular weight excluding hydrogens is 961 g/mol. The van der Waals surface area contributed by atoms with E-state index in [2.05, 4.69) is 203 Å². The fourth-order valence-electron chi connectivity index (χ4n) is 6.79. The van der Waals surface area contributed by atoms with Gasteiger partial charge in [0.2, 0.25) is 0 Å². The van der Waals surface area contributed by atoms with Gasteiger partial charge < -0.3 is 14.2 Å². The molecule has 0 aliphatic heterocycles. The van der Waals surface area contributed by atoms with E-state index in [-0.39, 0.29) is 36.5 Å². The molecule has 1 rings (SSSR count). The van der Waals surface area contributed by atoms with Crippen molar-refractivity contribution in [3.05, 3.63) is 237 Å². The molecule has 420 valence electrons. The van der Waals surface area contributed by atoms with E-state index in [0.717, 1.165) is 116 Å². The fourth-order valence-corrected chi connectivity index (χ4v) is 6.79. The second-order valence-electron chi connectivity index (χ2n) is 17.9. The molecule has 0 aliphatic rings. The van der Waals surface area contributed by atoms with Gasteiger partial charge in [-0.2, -0.15) is 0 Å². The number of hydrogen-bond donors (Lipinski definition) is 0. The average Bonchev–Trinajstić information content (AvgIpc) is 3.43. The molecule has 0 bridgehead atoms. The van der Waals surface area contributed by atoms with Gasteiger partial charge in [-0.05, 0) is 135 Å². The maximum Gasteiger partial charge on any atom is 0.311 e. The van der Waals surface area contributed by atoms with Crippen LogP contribution >= 0.6 is 0 Å². The Morgan fingerprint density at radius 2 is 0.385 bits per heavy atom. The minimum absolute atomic E-state index is 0.129. The van der Waals surface area contributed by atoms with Gasteiger partial charge in [0.15, 0.2) is 0 Å². The molecule has 6 heteroatoms. The Kier molecular flexibility index (Phi) is 49.7. The maximum absolute atomic E-state index is 12.9. The van der Waals surface area contributed by atoms with Crippen LogP contribution in [0.15, 0.2) is 237 Å². The van der Waals surface area contributed by atoms with Crippen LogP contribution in [-0.2, 0) is 14.4 Å². The molecule has 0 aromatic heterocycles. The Labute approximate surface area is 473 Å². The number of ether oxygens (including phenoxy) is 3. The molecule has 0 amide bonds. The third kappa shape index (κ3) is 49.8. The van der Waals surface area contributed by atoms with Crippen molar-refractivity contribution in [2.75, 3.05) is 0 Å². The van der Waals surface area contributed by atoms with Gasteiger partial charge in [0.25, 0.3) is 0 Å². The van der Waals surface area contributed by atoms with Crippen molar-refractivity contribution in [3.63, 3.8) is 0 Å². The quantitative estimate of drug-likeness (QED) is 0.0368. The molecule has 0 atom stereocenters. The second-order valence-corrected chi connectivity index (χ2v) is 17.9. The van der Waals surface area contributed by atoms with Gasteiger partial charge in [0.1, 0.15) is 17.2 Å². The van der Waals surface area contributed by atoms with E-state index < -0.39 is 17.9 Å². The molecule has 0 radical (unpaired) electrons. The standard InChI is InChI=1S/C72H96O6/c1-4-7-10-13-16-19-22-25-28-31-34-37-40-43-46-49-52-55-58-61-70(73)76-67-64-68(77-71(74)62-59-56-53-50-47-44-41-38-35-32-29-26-23-20-17-14-11-8-5-2)66-69(65-67)78-72(75)63-60-57-54-51-48-45-42-39-36-33-30-27-24-21-18-15-12-9-6-3/h7-12,16-21,25-30,34-39,43-48,52-57,64-66H,4-6,13-15,22-24,31-33,40-42,49-51,58-63H2,1-3H3/b10-7-,11-8-,12-9-,19-16-,20-17-,21-18-,28-25-,29-26-,30-27-,37-34-,38-35-,39-36-,46-43-,47-44-,48-45-,55-52-,56-53-,57-54-. The second kappa shape index (κ2) is 56.2. The Morgan fingerprint density at radius 1 is 0.244 bits per heavy atom. The van der Waals surface area contributed by atoms with Crippen molar-refractivity contribution in [2.45, 2.75) is 175 Å². The highest BCUT2D eigenvalue weighted by Gasteiger charge is 2.14. The maximum atomic E-state index is 12.9. The predicted molar refractivity (Wildman–Crippen MR) is 336 cm³/mol. The van der Waals surface area contributed by atoms with E-state index in [9.17, 15) is 14.4 Å². The monoisotopic (exact) mass is 1060 g/mol. The number of rotatable bonds is 45. The number of hydrogen-bond acceptors (Lipinski definition) is 6. The van der Waals surface area contributed by atoms with Gasteiger partial charge in [0.05, 0.1) is 0 Å². The van der Waals surface area contributed by atoms with Crippen LogP contribution in [0, 0.1) is 0 Å². The summed E-state index contributed by atoms with van der Waals surface area (Å²) in [7, 11) is 0. The smallest absolute Gasteiger partial charge is 0.311 e. The van der Waals surface area contributed by atoms with Gasteiger partial charge in [-0.3, -0.25) is 14.4 Å². The molecule has 1 aromatic carbocycles. The minimum atomic E-state index is -0.453. The van der Waals surface area contributed by atoms with Gasteiger partial charge >= 0.3 is 17.9 Å². The molecule has 0 unspecified atom stereocenters.